The van der Waals surface area contributed by atoms with E-state index in [0.29, 0.717) is 32.2 Å². The molecule has 2 heterocycles. The number of sulfonamides is 1. The molecule has 5 aliphatic carbocycles. The quantitative estimate of drug-likeness (QED) is 0.231. The van der Waals surface area contributed by atoms with Gasteiger partial charge in [0.2, 0.25) is 27.6 Å². The minimum atomic E-state index is -3.83. The maximum absolute atomic E-state index is 15.1. The third-order valence-corrected chi connectivity index (χ3v) is 17.0. The van der Waals surface area contributed by atoms with Gasteiger partial charge in [0, 0.05) is 30.7 Å². The van der Waals surface area contributed by atoms with E-state index in [1.165, 1.54) is 12.6 Å². The largest absolute Gasteiger partial charge is 0.438 e. The second-order valence-electron chi connectivity index (χ2n) is 19.2. The van der Waals surface area contributed by atoms with Crippen LogP contribution in [-0.2, 0) is 29.2 Å². The molecule has 54 heavy (non-hydrogen) atoms. The molecule has 6 aliphatic rings. The van der Waals surface area contributed by atoms with E-state index in [1.54, 1.807) is 11.0 Å². The van der Waals surface area contributed by atoms with Crippen molar-refractivity contribution in [3.63, 3.8) is 0 Å². The van der Waals surface area contributed by atoms with Crippen LogP contribution >= 0.6 is 0 Å². The first-order chi connectivity index (χ1) is 25.3. The van der Waals surface area contributed by atoms with E-state index in [0.717, 1.165) is 51.4 Å². The van der Waals surface area contributed by atoms with Gasteiger partial charge in [-0.1, -0.05) is 66.4 Å². The number of hydrogen-bond donors (Lipinski definition) is 2. The SMILES string of the molecule is C=C[C@@H]1C[C@]1(CC(=O)[C@@H]1C[C@@]2(CN1C(=O)[C@@H](CC(=O)[C@@H](NC(=O)c1cnco1)C1CCCCC1)C(C)(C)C)C(C)(C)C21CCC1)C(=O)NS(=O)(=O)C1CC1. The van der Waals surface area contributed by atoms with Crippen molar-refractivity contribution in [1.82, 2.24) is 19.9 Å². The van der Waals surface area contributed by atoms with Crippen molar-refractivity contribution in [1.29, 1.82) is 0 Å². The summed E-state index contributed by atoms with van der Waals surface area (Å²) in [6.07, 6.45) is 13.3. The molecule has 0 aromatic carbocycles. The first kappa shape index (κ1) is 38.9. The fourth-order valence-corrected chi connectivity index (χ4v) is 12.6. The number of allylic oxidation sites excluding steroid dienone is 1. The molecule has 5 saturated carbocycles. The van der Waals surface area contributed by atoms with Gasteiger partial charge in [-0.05, 0) is 79.4 Å². The number of carbonyl (C=O) groups excluding carboxylic acids is 5. The van der Waals surface area contributed by atoms with Gasteiger partial charge in [-0.15, -0.1) is 6.58 Å². The zero-order valence-corrected chi connectivity index (χ0v) is 33.4. The first-order valence-electron chi connectivity index (χ1n) is 20.1. The highest BCUT2D eigenvalue weighted by atomic mass is 32.2. The van der Waals surface area contributed by atoms with Gasteiger partial charge in [-0.3, -0.25) is 28.7 Å². The van der Waals surface area contributed by atoms with Gasteiger partial charge in [0.25, 0.3) is 5.91 Å². The topological polar surface area (TPSA) is 173 Å². The van der Waals surface area contributed by atoms with Gasteiger partial charge in [0.05, 0.1) is 28.9 Å². The molecule has 2 N–H and O–H groups in total. The molecular weight excluding hydrogens is 709 g/mol. The predicted octanol–water partition coefficient (Wildman–Crippen LogP) is 5.53. The number of hydrogen-bond acceptors (Lipinski definition) is 9. The molecule has 2 spiro atoms. The molecule has 0 unspecified atom stereocenters. The second-order valence-corrected chi connectivity index (χ2v) is 21.1. The van der Waals surface area contributed by atoms with Gasteiger partial charge in [0.15, 0.2) is 18.0 Å². The Morgan fingerprint density at radius 1 is 1.02 bits per heavy atom. The van der Waals surface area contributed by atoms with Crippen molar-refractivity contribution in [2.75, 3.05) is 6.54 Å². The Labute approximate surface area is 319 Å². The van der Waals surface area contributed by atoms with Crippen molar-refractivity contribution < 1.29 is 36.8 Å². The van der Waals surface area contributed by atoms with Crippen LogP contribution in [-0.4, -0.2) is 71.5 Å². The summed E-state index contributed by atoms with van der Waals surface area (Å²) in [6.45, 7) is 14.5. The Morgan fingerprint density at radius 2 is 1.70 bits per heavy atom. The Balaban J connectivity index is 1.16. The molecule has 1 aliphatic heterocycles. The standard InChI is InChI=1S/C41H58N4O8S/c1-7-26-19-39(26,36(50)44-54(51,52)27-14-15-27)21-31(47)29-20-41(38(5,6)40(41)16-11-17-40)23-45(29)35(49)28(37(2,3)4)18-30(46)33(25-12-9-8-10-13-25)43-34(48)32-22-42-24-53-32/h7,22,24-29,33H,1,8-21,23H2,2-6H3,(H,43,48)(H,44,50)/t26-,28-,29+,33+,39-,41-/m1/s1. The number of oxazole rings is 1. The number of rotatable bonds is 14. The molecule has 0 radical (unpaired) electrons. The smallest absolute Gasteiger partial charge is 0.289 e. The van der Waals surface area contributed by atoms with E-state index >= 15 is 4.79 Å². The predicted molar refractivity (Wildman–Crippen MR) is 200 cm³/mol. The lowest BCUT2D eigenvalue weighted by molar-refractivity contribution is -0.146. The molecule has 3 amide bonds. The van der Waals surface area contributed by atoms with Crippen LogP contribution in [0.3, 0.4) is 0 Å². The van der Waals surface area contributed by atoms with Gasteiger partial charge >= 0.3 is 0 Å². The molecule has 296 valence electrons. The number of amides is 3. The molecule has 13 heteroatoms. The monoisotopic (exact) mass is 766 g/mol. The highest BCUT2D eigenvalue weighted by molar-refractivity contribution is 7.90. The average Bonchev–Trinajstić information content (AvgIpc) is 4.02. The summed E-state index contributed by atoms with van der Waals surface area (Å²) in [5.74, 6) is -3.13. The molecule has 7 rings (SSSR count). The normalized spacial score (nSPS) is 30.9. The first-order valence-corrected chi connectivity index (χ1v) is 21.6. The van der Waals surface area contributed by atoms with Crippen molar-refractivity contribution in [2.45, 2.75) is 142 Å². The minimum absolute atomic E-state index is 0.0127. The third-order valence-electron chi connectivity index (χ3n) is 15.2. The lowest BCUT2D eigenvalue weighted by atomic mass is 9.73. The summed E-state index contributed by atoms with van der Waals surface area (Å²) in [5, 5.41) is 2.35. The number of ketones is 2. The Morgan fingerprint density at radius 3 is 2.22 bits per heavy atom. The van der Waals surface area contributed by atoms with E-state index < -0.39 is 55.9 Å². The molecule has 6 fully saturated rings. The number of nitrogens with zero attached hydrogens (tertiary/aromatic N) is 2. The summed E-state index contributed by atoms with van der Waals surface area (Å²) in [7, 11) is -3.83. The number of nitrogens with one attached hydrogen (secondary N) is 2. The lowest BCUT2D eigenvalue weighted by Crippen LogP contribution is -2.51. The van der Waals surface area contributed by atoms with E-state index in [-0.39, 0.29) is 64.2 Å². The van der Waals surface area contributed by atoms with E-state index in [9.17, 15) is 27.6 Å². The van der Waals surface area contributed by atoms with Crippen molar-refractivity contribution in [3.05, 3.63) is 31.0 Å². The Hall–Kier alpha value is -3.35. The summed E-state index contributed by atoms with van der Waals surface area (Å²) in [6, 6.07) is -1.62. The summed E-state index contributed by atoms with van der Waals surface area (Å²) in [4.78, 5) is 76.7. The van der Waals surface area contributed by atoms with Crippen LogP contribution in [0.5, 0.6) is 0 Å². The van der Waals surface area contributed by atoms with Crippen LogP contribution in [0, 0.1) is 44.8 Å². The summed E-state index contributed by atoms with van der Waals surface area (Å²) in [5.41, 5.74) is -2.26. The molecule has 1 saturated heterocycles. The maximum atomic E-state index is 15.1. The fourth-order valence-electron chi connectivity index (χ4n) is 11.2. The molecular formula is C41H58N4O8S. The van der Waals surface area contributed by atoms with Crippen molar-refractivity contribution >= 4 is 39.3 Å². The zero-order chi connectivity index (χ0) is 39.1. The molecule has 1 aromatic rings. The van der Waals surface area contributed by atoms with Gasteiger partial charge in [-0.2, -0.15) is 0 Å². The van der Waals surface area contributed by atoms with E-state index in [4.69, 9.17) is 4.42 Å². The van der Waals surface area contributed by atoms with Crippen LogP contribution in [0.2, 0.25) is 0 Å². The van der Waals surface area contributed by atoms with Crippen LogP contribution in [0.1, 0.15) is 135 Å². The summed E-state index contributed by atoms with van der Waals surface area (Å²) < 4.78 is 33.1. The van der Waals surface area contributed by atoms with E-state index in [1.807, 2.05) is 20.8 Å². The van der Waals surface area contributed by atoms with Crippen LogP contribution < -0.4 is 10.0 Å². The van der Waals surface area contributed by atoms with Crippen LogP contribution in [0.15, 0.2) is 29.7 Å². The maximum Gasteiger partial charge on any atom is 0.289 e. The Kier molecular flexibility index (Phi) is 9.65. The average molecular weight is 767 g/mol. The third kappa shape index (κ3) is 6.28. The molecule has 1 aromatic heterocycles. The van der Waals surface area contributed by atoms with E-state index in [2.05, 4.69) is 35.4 Å². The highest BCUT2D eigenvalue weighted by Crippen LogP contribution is 2.88. The Bertz CT molecular complexity index is 1820. The fraction of sp³-hybridized carbons (Fsp3) is 0.756. The second kappa shape index (κ2) is 13.4. The van der Waals surface area contributed by atoms with Gasteiger partial charge in [-0.25, -0.2) is 13.4 Å². The lowest BCUT2D eigenvalue weighted by Gasteiger charge is -2.37. The summed E-state index contributed by atoms with van der Waals surface area (Å²) >= 11 is 0. The zero-order valence-electron chi connectivity index (χ0n) is 32.6. The number of Topliss-reactive ketones (excluding diaryl/α,β-unsaturated/α-hetero) is 2. The van der Waals surface area contributed by atoms with Crippen LogP contribution in [0.25, 0.3) is 0 Å². The molecule has 6 atom stereocenters. The van der Waals surface area contributed by atoms with Gasteiger partial charge < -0.3 is 14.6 Å². The minimum Gasteiger partial charge on any atom is -0.438 e. The number of carbonyl (C=O) groups is 5. The van der Waals surface area contributed by atoms with Crippen molar-refractivity contribution in [2.24, 2.45) is 44.8 Å². The number of likely N-dealkylation sites (tertiary alicyclic amines) is 1. The molecule has 12 nitrogen and oxygen atoms in total. The molecule has 0 bridgehead atoms. The van der Waals surface area contributed by atoms with Gasteiger partial charge in [0.1, 0.15) is 0 Å². The number of fused-ring (bicyclic) bond motifs is 1. The van der Waals surface area contributed by atoms with Crippen molar-refractivity contribution in [3.8, 4) is 0 Å². The number of aromatic nitrogens is 1. The highest BCUT2D eigenvalue weighted by Gasteiger charge is 2.85. The van der Waals surface area contributed by atoms with Crippen LogP contribution in [0.4, 0.5) is 0 Å².